The van der Waals surface area contributed by atoms with Crippen LogP contribution >= 0.6 is 0 Å². The average Bonchev–Trinajstić information content (AvgIpc) is 2.17. The molecule has 2 rings (SSSR count). The largest absolute Gasteiger partial charge is 0.491 e. The summed E-state index contributed by atoms with van der Waals surface area (Å²) < 4.78 is 5.72. The summed E-state index contributed by atoms with van der Waals surface area (Å²) in [6.45, 7) is 1.84. The van der Waals surface area contributed by atoms with Gasteiger partial charge in [-0.1, -0.05) is 12.1 Å². The first kappa shape index (κ1) is 10.3. The minimum absolute atomic E-state index is 0.578. The van der Waals surface area contributed by atoms with Crippen molar-refractivity contribution in [2.45, 2.75) is 6.42 Å². The van der Waals surface area contributed by atoms with Crippen molar-refractivity contribution in [1.29, 1.82) is 0 Å². The Morgan fingerprint density at radius 2 is 2.27 bits per heavy atom. The van der Waals surface area contributed by atoms with Gasteiger partial charge < -0.3 is 15.4 Å². The fourth-order valence-electron chi connectivity index (χ4n) is 2.15. The molecule has 1 atom stereocenters. The van der Waals surface area contributed by atoms with E-state index in [2.05, 4.69) is 25.1 Å². The van der Waals surface area contributed by atoms with Crippen molar-refractivity contribution in [1.82, 2.24) is 4.90 Å². The van der Waals surface area contributed by atoms with Gasteiger partial charge in [-0.25, -0.2) is 0 Å². The summed E-state index contributed by atoms with van der Waals surface area (Å²) in [5, 5.41) is 0. The molecule has 1 aromatic rings. The number of nitrogens with zero attached hydrogens (tertiary/aromatic N) is 1. The van der Waals surface area contributed by atoms with E-state index in [4.69, 9.17) is 10.5 Å². The van der Waals surface area contributed by atoms with Crippen LogP contribution in [-0.2, 0) is 6.42 Å². The SMILES string of the molecule is CN(C)CC1COc2c(N)cccc2C1. The molecule has 1 aliphatic rings. The molecule has 2 N–H and O–H groups in total. The highest BCUT2D eigenvalue weighted by Gasteiger charge is 2.21. The molecule has 82 valence electrons. The van der Waals surface area contributed by atoms with Crippen LogP contribution in [0.3, 0.4) is 0 Å². The van der Waals surface area contributed by atoms with Crippen molar-refractivity contribution in [2.75, 3.05) is 33.0 Å². The minimum atomic E-state index is 0.578. The highest BCUT2D eigenvalue weighted by atomic mass is 16.5. The van der Waals surface area contributed by atoms with Crippen LogP contribution in [0, 0.1) is 5.92 Å². The zero-order valence-electron chi connectivity index (χ0n) is 9.36. The van der Waals surface area contributed by atoms with E-state index in [1.165, 1.54) is 5.56 Å². The van der Waals surface area contributed by atoms with E-state index in [-0.39, 0.29) is 0 Å². The van der Waals surface area contributed by atoms with Gasteiger partial charge >= 0.3 is 0 Å². The summed E-state index contributed by atoms with van der Waals surface area (Å²) in [6, 6.07) is 5.99. The topological polar surface area (TPSA) is 38.5 Å². The van der Waals surface area contributed by atoms with Gasteiger partial charge in [-0.05, 0) is 32.1 Å². The van der Waals surface area contributed by atoms with Crippen LogP contribution in [0.4, 0.5) is 5.69 Å². The van der Waals surface area contributed by atoms with Crippen LogP contribution < -0.4 is 10.5 Å². The number of anilines is 1. The third-order valence-corrected chi connectivity index (χ3v) is 2.72. The molecule has 3 heteroatoms. The summed E-state index contributed by atoms with van der Waals surface area (Å²) in [5.41, 5.74) is 7.86. The molecular formula is C12H18N2O. The number of benzene rings is 1. The maximum absolute atomic E-state index is 5.85. The Bertz CT molecular complexity index is 349. The van der Waals surface area contributed by atoms with Gasteiger partial charge in [-0.15, -0.1) is 0 Å². The predicted molar refractivity (Wildman–Crippen MR) is 62.1 cm³/mol. The summed E-state index contributed by atoms with van der Waals surface area (Å²) >= 11 is 0. The van der Waals surface area contributed by atoms with Crippen molar-refractivity contribution in [3.05, 3.63) is 23.8 Å². The quantitative estimate of drug-likeness (QED) is 0.743. The molecule has 0 radical (unpaired) electrons. The molecule has 0 aromatic heterocycles. The van der Waals surface area contributed by atoms with Gasteiger partial charge in [-0.2, -0.15) is 0 Å². The molecule has 1 aliphatic heterocycles. The van der Waals surface area contributed by atoms with Gasteiger partial charge in [0.1, 0.15) is 5.75 Å². The third-order valence-electron chi connectivity index (χ3n) is 2.72. The molecule has 0 aliphatic carbocycles. The van der Waals surface area contributed by atoms with Gasteiger partial charge in [0.05, 0.1) is 12.3 Å². The third kappa shape index (κ3) is 2.23. The number of nitrogens with two attached hydrogens (primary N) is 1. The lowest BCUT2D eigenvalue weighted by atomic mass is 9.96. The maximum atomic E-state index is 5.85. The number of rotatable bonds is 2. The Labute approximate surface area is 90.8 Å². The number of ether oxygens (including phenoxy) is 1. The first-order chi connectivity index (χ1) is 7.16. The molecular weight excluding hydrogens is 188 g/mol. The monoisotopic (exact) mass is 206 g/mol. The molecule has 1 unspecified atom stereocenters. The average molecular weight is 206 g/mol. The van der Waals surface area contributed by atoms with Crippen LogP contribution in [0.1, 0.15) is 5.56 Å². The minimum Gasteiger partial charge on any atom is -0.491 e. The molecule has 0 amide bonds. The maximum Gasteiger partial charge on any atom is 0.145 e. The lowest BCUT2D eigenvalue weighted by Crippen LogP contribution is -2.31. The van der Waals surface area contributed by atoms with Crippen molar-refractivity contribution in [2.24, 2.45) is 5.92 Å². The highest BCUT2D eigenvalue weighted by Crippen LogP contribution is 2.32. The normalized spacial score (nSPS) is 19.8. The van der Waals surface area contributed by atoms with Gasteiger partial charge in [0.25, 0.3) is 0 Å². The van der Waals surface area contributed by atoms with E-state index in [1.54, 1.807) is 0 Å². The second kappa shape index (κ2) is 4.11. The molecule has 0 spiro atoms. The van der Waals surface area contributed by atoms with E-state index in [0.717, 1.165) is 31.0 Å². The summed E-state index contributed by atoms with van der Waals surface area (Å²) in [6.07, 6.45) is 1.07. The summed E-state index contributed by atoms with van der Waals surface area (Å²) in [4.78, 5) is 2.20. The second-order valence-corrected chi connectivity index (χ2v) is 4.48. The van der Waals surface area contributed by atoms with Crippen LogP contribution in [0.25, 0.3) is 0 Å². The van der Waals surface area contributed by atoms with Gasteiger partial charge in [-0.3, -0.25) is 0 Å². The van der Waals surface area contributed by atoms with E-state index >= 15 is 0 Å². The standard InChI is InChI=1S/C12H18N2O/c1-14(2)7-9-6-10-4-3-5-11(13)12(10)15-8-9/h3-5,9H,6-8,13H2,1-2H3. The number of nitrogen functional groups attached to an aromatic ring is 1. The Morgan fingerprint density at radius 3 is 3.00 bits per heavy atom. The Balaban J connectivity index is 2.13. The Kier molecular flexibility index (Phi) is 2.82. The van der Waals surface area contributed by atoms with Crippen molar-refractivity contribution in [3.63, 3.8) is 0 Å². The van der Waals surface area contributed by atoms with E-state index in [0.29, 0.717) is 5.92 Å². The van der Waals surface area contributed by atoms with Crippen molar-refractivity contribution >= 4 is 5.69 Å². The lowest BCUT2D eigenvalue weighted by molar-refractivity contribution is 0.189. The van der Waals surface area contributed by atoms with Crippen molar-refractivity contribution < 1.29 is 4.74 Å². The predicted octanol–water partition coefficient (Wildman–Crippen LogP) is 1.38. The molecule has 0 saturated carbocycles. The van der Waals surface area contributed by atoms with Gasteiger partial charge in [0.2, 0.25) is 0 Å². The second-order valence-electron chi connectivity index (χ2n) is 4.48. The molecule has 1 heterocycles. The number of fused-ring (bicyclic) bond motifs is 1. The van der Waals surface area contributed by atoms with E-state index in [1.807, 2.05) is 12.1 Å². The molecule has 3 nitrogen and oxygen atoms in total. The summed E-state index contributed by atoms with van der Waals surface area (Å²) in [5.74, 6) is 1.47. The summed E-state index contributed by atoms with van der Waals surface area (Å²) in [7, 11) is 4.18. The first-order valence-corrected chi connectivity index (χ1v) is 5.31. The lowest BCUT2D eigenvalue weighted by Gasteiger charge is -2.28. The fraction of sp³-hybridized carbons (Fsp3) is 0.500. The number of para-hydroxylation sites is 1. The zero-order valence-corrected chi connectivity index (χ0v) is 9.36. The molecule has 1 aromatic carbocycles. The van der Waals surface area contributed by atoms with Crippen LogP contribution in [-0.4, -0.2) is 32.1 Å². The Hall–Kier alpha value is -1.22. The van der Waals surface area contributed by atoms with E-state index < -0.39 is 0 Å². The van der Waals surface area contributed by atoms with Crippen LogP contribution in [0.15, 0.2) is 18.2 Å². The van der Waals surface area contributed by atoms with Crippen LogP contribution in [0.5, 0.6) is 5.75 Å². The van der Waals surface area contributed by atoms with Gasteiger partial charge in [0, 0.05) is 12.5 Å². The van der Waals surface area contributed by atoms with E-state index in [9.17, 15) is 0 Å². The Morgan fingerprint density at radius 1 is 1.47 bits per heavy atom. The number of hydrogen-bond donors (Lipinski definition) is 1. The molecule has 0 fully saturated rings. The highest BCUT2D eigenvalue weighted by molar-refractivity contribution is 5.57. The zero-order chi connectivity index (χ0) is 10.8. The first-order valence-electron chi connectivity index (χ1n) is 5.31. The van der Waals surface area contributed by atoms with Crippen LogP contribution in [0.2, 0.25) is 0 Å². The molecule has 15 heavy (non-hydrogen) atoms. The molecule has 0 saturated heterocycles. The molecule has 0 bridgehead atoms. The smallest absolute Gasteiger partial charge is 0.145 e. The van der Waals surface area contributed by atoms with Crippen molar-refractivity contribution in [3.8, 4) is 5.75 Å². The van der Waals surface area contributed by atoms with Gasteiger partial charge in [0.15, 0.2) is 0 Å². The number of hydrogen-bond acceptors (Lipinski definition) is 3. The fourth-order valence-corrected chi connectivity index (χ4v) is 2.15.